The van der Waals surface area contributed by atoms with Crippen molar-refractivity contribution in [2.45, 2.75) is 37.1 Å². The lowest BCUT2D eigenvalue weighted by molar-refractivity contribution is -0.124. The molecular formula is C25H30ClN3OS. The van der Waals surface area contributed by atoms with Crippen molar-refractivity contribution in [3.8, 4) is 0 Å². The van der Waals surface area contributed by atoms with Crippen molar-refractivity contribution in [3.63, 3.8) is 0 Å². The maximum atomic E-state index is 13.5. The Balaban J connectivity index is 0.00000136. The Morgan fingerprint density at radius 2 is 1.71 bits per heavy atom. The Bertz CT molecular complexity index is 1020. The van der Waals surface area contributed by atoms with Crippen LogP contribution in [-0.4, -0.2) is 35.4 Å². The summed E-state index contributed by atoms with van der Waals surface area (Å²) in [6.45, 7) is 3.12. The van der Waals surface area contributed by atoms with Crippen LogP contribution in [0.4, 0.5) is 0 Å². The molecule has 3 aromatic rings. The van der Waals surface area contributed by atoms with E-state index in [0.717, 1.165) is 48.9 Å². The highest BCUT2D eigenvalue weighted by Gasteiger charge is 2.52. The molecule has 0 radical (unpaired) electrons. The summed E-state index contributed by atoms with van der Waals surface area (Å²) in [5.74, 6) is 0.141. The molecule has 1 N–H and O–H groups in total. The van der Waals surface area contributed by atoms with E-state index < -0.39 is 5.41 Å². The topological polar surface area (TPSA) is 45.2 Å². The van der Waals surface area contributed by atoms with E-state index in [1.54, 1.807) is 0 Å². The van der Waals surface area contributed by atoms with Gasteiger partial charge in [0, 0.05) is 18.1 Å². The average Bonchev–Trinajstić information content (AvgIpc) is 3.43. The number of halogens is 1. The van der Waals surface area contributed by atoms with Crippen LogP contribution in [0.3, 0.4) is 0 Å². The van der Waals surface area contributed by atoms with Gasteiger partial charge in [-0.05, 0) is 62.0 Å². The van der Waals surface area contributed by atoms with Gasteiger partial charge in [0.15, 0.2) is 0 Å². The summed E-state index contributed by atoms with van der Waals surface area (Å²) in [4.78, 5) is 20.5. The van der Waals surface area contributed by atoms with E-state index in [9.17, 15) is 4.79 Å². The minimum absolute atomic E-state index is 0. The monoisotopic (exact) mass is 455 g/mol. The SMILES string of the molecule is Cl.O=C(N[C@H](CN1CCCC1)c1ccccc1)C1(c2cnc3ccccc3c2)CC1.S. The van der Waals surface area contributed by atoms with Crippen LogP contribution in [0.15, 0.2) is 66.9 Å². The number of amides is 1. The summed E-state index contributed by atoms with van der Waals surface area (Å²) < 4.78 is 0. The second-order valence-electron chi connectivity index (χ2n) is 8.44. The molecule has 164 valence electrons. The molecule has 2 heterocycles. The van der Waals surface area contributed by atoms with Gasteiger partial charge in [0.05, 0.1) is 17.0 Å². The molecule has 6 heteroatoms. The van der Waals surface area contributed by atoms with Gasteiger partial charge in [-0.2, -0.15) is 13.5 Å². The standard InChI is InChI=1S/C25H27N3O.ClH.H2S/c29-24(25(12-13-25)21-16-20-10-4-5-11-22(20)26-17-21)27-23(18-28-14-6-7-15-28)19-8-2-1-3-9-19;;/h1-5,8-11,16-17,23H,6-7,12-15,18H2,(H,27,29);1H;1H2/t23-;;/m1../s1. The Morgan fingerprint density at radius 1 is 1.03 bits per heavy atom. The van der Waals surface area contributed by atoms with E-state index in [1.165, 1.54) is 18.4 Å². The van der Waals surface area contributed by atoms with Crippen LogP contribution in [0.1, 0.15) is 42.9 Å². The fourth-order valence-corrected chi connectivity index (χ4v) is 4.54. The number of carbonyl (C=O) groups excluding carboxylic acids is 1. The van der Waals surface area contributed by atoms with E-state index in [1.807, 2.05) is 30.5 Å². The quantitative estimate of drug-likeness (QED) is 0.583. The number of hydrogen-bond acceptors (Lipinski definition) is 3. The summed E-state index contributed by atoms with van der Waals surface area (Å²) >= 11 is 0. The van der Waals surface area contributed by atoms with Gasteiger partial charge in [0.25, 0.3) is 0 Å². The van der Waals surface area contributed by atoms with Crippen LogP contribution in [0, 0.1) is 0 Å². The van der Waals surface area contributed by atoms with Crippen molar-refractivity contribution in [3.05, 3.63) is 78.0 Å². The number of likely N-dealkylation sites (tertiary alicyclic amines) is 1. The smallest absolute Gasteiger partial charge is 0.231 e. The number of hydrogen-bond donors (Lipinski definition) is 1. The normalized spacial score (nSPS) is 17.9. The first-order valence-electron chi connectivity index (χ1n) is 10.7. The highest BCUT2D eigenvalue weighted by atomic mass is 35.5. The largest absolute Gasteiger partial charge is 0.347 e. The number of benzene rings is 2. The molecule has 2 fully saturated rings. The maximum Gasteiger partial charge on any atom is 0.231 e. The lowest BCUT2D eigenvalue weighted by Gasteiger charge is -2.27. The van der Waals surface area contributed by atoms with E-state index >= 15 is 0 Å². The lowest BCUT2D eigenvalue weighted by Crippen LogP contribution is -2.41. The zero-order valence-corrected chi connectivity index (χ0v) is 19.4. The minimum Gasteiger partial charge on any atom is -0.347 e. The van der Waals surface area contributed by atoms with Gasteiger partial charge >= 0.3 is 0 Å². The Morgan fingerprint density at radius 3 is 2.42 bits per heavy atom. The van der Waals surface area contributed by atoms with Gasteiger partial charge in [-0.15, -0.1) is 12.4 Å². The van der Waals surface area contributed by atoms with E-state index in [-0.39, 0.29) is 37.9 Å². The number of carbonyl (C=O) groups is 1. The molecule has 1 aromatic heterocycles. The van der Waals surface area contributed by atoms with E-state index in [0.29, 0.717) is 0 Å². The average molecular weight is 456 g/mol. The van der Waals surface area contributed by atoms with Crippen LogP contribution in [0.5, 0.6) is 0 Å². The van der Waals surface area contributed by atoms with Crippen molar-refractivity contribution in [2.75, 3.05) is 19.6 Å². The minimum atomic E-state index is -0.422. The van der Waals surface area contributed by atoms with Crippen molar-refractivity contribution >= 4 is 42.7 Å². The van der Waals surface area contributed by atoms with Crippen LogP contribution in [0.2, 0.25) is 0 Å². The van der Waals surface area contributed by atoms with Gasteiger partial charge in [0.1, 0.15) is 0 Å². The van der Waals surface area contributed by atoms with E-state index in [4.69, 9.17) is 0 Å². The molecule has 1 amide bonds. The maximum absolute atomic E-state index is 13.5. The number of rotatable bonds is 6. The molecule has 1 aliphatic heterocycles. The molecule has 1 atom stereocenters. The summed E-state index contributed by atoms with van der Waals surface area (Å²) in [6.07, 6.45) is 6.19. The molecule has 5 rings (SSSR count). The summed E-state index contributed by atoms with van der Waals surface area (Å²) in [5.41, 5.74) is 2.78. The Hall–Kier alpha value is -2.08. The third kappa shape index (κ3) is 4.89. The fourth-order valence-electron chi connectivity index (χ4n) is 4.54. The molecule has 0 unspecified atom stereocenters. The third-order valence-electron chi connectivity index (χ3n) is 6.47. The first kappa shape index (κ1) is 23.6. The Labute approximate surface area is 197 Å². The zero-order chi connectivity index (χ0) is 19.7. The van der Waals surface area contributed by atoms with Crippen LogP contribution < -0.4 is 5.32 Å². The molecule has 2 aromatic carbocycles. The van der Waals surface area contributed by atoms with Gasteiger partial charge in [0.2, 0.25) is 5.91 Å². The molecule has 0 bridgehead atoms. The number of nitrogens with zero attached hydrogens (tertiary/aromatic N) is 2. The van der Waals surface area contributed by atoms with Gasteiger partial charge < -0.3 is 10.2 Å². The van der Waals surface area contributed by atoms with Crippen LogP contribution >= 0.6 is 25.9 Å². The van der Waals surface area contributed by atoms with Crippen molar-refractivity contribution in [1.82, 2.24) is 15.2 Å². The lowest BCUT2D eigenvalue weighted by atomic mass is 9.94. The zero-order valence-electron chi connectivity index (χ0n) is 17.6. The number of pyridine rings is 1. The van der Waals surface area contributed by atoms with E-state index in [2.05, 4.69) is 51.6 Å². The third-order valence-corrected chi connectivity index (χ3v) is 6.47. The Kier molecular flexibility index (Phi) is 7.63. The molecule has 1 saturated heterocycles. The first-order valence-corrected chi connectivity index (χ1v) is 10.7. The first-order chi connectivity index (χ1) is 14.2. The number of fused-ring (bicyclic) bond motifs is 1. The summed E-state index contributed by atoms with van der Waals surface area (Å²) in [5, 5.41) is 4.50. The number of para-hydroxylation sites is 1. The van der Waals surface area contributed by atoms with Gasteiger partial charge in [-0.25, -0.2) is 0 Å². The van der Waals surface area contributed by atoms with Gasteiger partial charge in [-0.3, -0.25) is 9.78 Å². The molecule has 0 spiro atoms. The number of aromatic nitrogens is 1. The number of nitrogens with one attached hydrogen (secondary N) is 1. The molecule has 1 aliphatic carbocycles. The second-order valence-corrected chi connectivity index (χ2v) is 8.44. The van der Waals surface area contributed by atoms with Crippen molar-refractivity contribution < 1.29 is 4.79 Å². The fraction of sp³-hybridized carbons (Fsp3) is 0.360. The second kappa shape index (κ2) is 10.0. The summed E-state index contributed by atoms with van der Waals surface area (Å²) in [7, 11) is 0. The molecule has 2 aliphatic rings. The van der Waals surface area contributed by atoms with Crippen molar-refractivity contribution in [1.29, 1.82) is 0 Å². The molecular weight excluding hydrogens is 426 g/mol. The van der Waals surface area contributed by atoms with Crippen LogP contribution in [-0.2, 0) is 10.2 Å². The predicted octanol–water partition coefficient (Wildman–Crippen LogP) is 4.75. The predicted molar refractivity (Wildman–Crippen MR) is 133 cm³/mol. The molecule has 31 heavy (non-hydrogen) atoms. The summed E-state index contributed by atoms with van der Waals surface area (Å²) in [6, 6.07) is 20.7. The molecule has 1 saturated carbocycles. The van der Waals surface area contributed by atoms with Crippen LogP contribution in [0.25, 0.3) is 10.9 Å². The van der Waals surface area contributed by atoms with Gasteiger partial charge in [-0.1, -0.05) is 48.5 Å². The van der Waals surface area contributed by atoms with Crippen molar-refractivity contribution in [2.24, 2.45) is 0 Å². The molecule has 4 nitrogen and oxygen atoms in total. The highest BCUT2D eigenvalue weighted by Crippen LogP contribution is 2.49. The highest BCUT2D eigenvalue weighted by molar-refractivity contribution is 7.59.